The van der Waals surface area contributed by atoms with Gasteiger partial charge in [0.15, 0.2) is 0 Å². The zero-order valence-corrected chi connectivity index (χ0v) is 8.77. The minimum Gasteiger partial charge on any atom is -0.282 e. The van der Waals surface area contributed by atoms with E-state index in [0.29, 0.717) is 5.56 Å². The molecule has 14 heavy (non-hydrogen) atoms. The molecule has 1 aromatic rings. The zero-order chi connectivity index (χ0) is 10.8. The molecule has 0 aliphatic heterocycles. The molecule has 4 nitrogen and oxygen atoms in total. The predicted octanol–water partition coefficient (Wildman–Crippen LogP) is 1.41. The van der Waals surface area contributed by atoms with Crippen LogP contribution in [0, 0.1) is 0 Å². The minimum atomic E-state index is -4.25. The number of hydrogen-bond acceptors (Lipinski definition) is 2. The summed E-state index contributed by atoms with van der Waals surface area (Å²) in [6.45, 7) is 0.0201. The molecule has 0 atom stereocenters. The number of rotatable bonds is 3. The van der Waals surface area contributed by atoms with Gasteiger partial charge in [0.2, 0.25) is 0 Å². The fourth-order valence-corrected chi connectivity index (χ4v) is 2.25. The van der Waals surface area contributed by atoms with Crippen LogP contribution < -0.4 is 5.73 Å². The number of halogens is 1. The van der Waals surface area contributed by atoms with Crippen molar-refractivity contribution < 1.29 is 13.0 Å². The second kappa shape index (κ2) is 4.27. The zero-order valence-electron chi connectivity index (χ0n) is 7.20. The Kier molecular flexibility index (Phi) is 3.49. The molecule has 1 rings (SSSR count). The fourth-order valence-electron chi connectivity index (χ4n) is 1.15. The number of hydrogen-bond donors (Lipinski definition) is 1. The lowest BCUT2D eigenvalue weighted by molar-refractivity contribution is 0.482. The van der Waals surface area contributed by atoms with E-state index in [2.05, 4.69) is 0 Å². The largest absolute Gasteiger partial charge is 0.294 e. The smallest absolute Gasteiger partial charge is 0.282 e. The Labute approximate surface area is 87.4 Å². The quantitative estimate of drug-likeness (QED) is 0.804. The van der Waals surface area contributed by atoms with Crippen LogP contribution in [0.1, 0.15) is 5.56 Å². The van der Waals surface area contributed by atoms with Gasteiger partial charge in [-0.1, -0.05) is 17.7 Å². The van der Waals surface area contributed by atoms with Crippen LogP contribution in [-0.2, 0) is 16.5 Å². The lowest BCUT2D eigenvalue weighted by Crippen LogP contribution is -2.05. The number of nitrogens with one attached hydrogen (secondary N) is 1. The average molecular weight is 235 g/mol. The molecule has 1 aromatic carbocycles. The van der Waals surface area contributed by atoms with E-state index in [9.17, 15) is 8.42 Å². The minimum absolute atomic E-state index is 0.0201. The van der Waals surface area contributed by atoms with Crippen molar-refractivity contribution in [2.45, 2.75) is 11.3 Å². The van der Waals surface area contributed by atoms with E-state index in [4.69, 9.17) is 21.9 Å². The molecule has 2 N–H and O–H groups in total. The molecule has 0 amide bonds. The Bertz CT molecular complexity index is 430. The van der Waals surface area contributed by atoms with Gasteiger partial charge in [-0.05, 0) is 24.1 Å². The SMILES string of the molecule is [NH]CCc1c(Cl)cccc1S(=O)(=O)O. The molecule has 0 saturated heterocycles. The molecule has 0 unspecified atom stereocenters. The molecule has 0 aliphatic rings. The van der Waals surface area contributed by atoms with Gasteiger partial charge in [0, 0.05) is 11.6 Å². The fraction of sp³-hybridized carbons (Fsp3) is 0.250. The first-order valence-corrected chi connectivity index (χ1v) is 5.68. The molecule has 6 heteroatoms. The third-order valence-electron chi connectivity index (χ3n) is 1.73. The van der Waals surface area contributed by atoms with E-state index in [-0.39, 0.29) is 22.9 Å². The van der Waals surface area contributed by atoms with Gasteiger partial charge >= 0.3 is 0 Å². The first-order chi connectivity index (χ1) is 6.46. The van der Waals surface area contributed by atoms with Gasteiger partial charge < -0.3 is 0 Å². The molecule has 0 heterocycles. The van der Waals surface area contributed by atoms with Crippen LogP contribution in [0.5, 0.6) is 0 Å². The monoisotopic (exact) mass is 234 g/mol. The van der Waals surface area contributed by atoms with Crippen molar-refractivity contribution in [3.8, 4) is 0 Å². The van der Waals surface area contributed by atoms with Crippen molar-refractivity contribution in [2.24, 2.45) is 0 Å². The first-order valence-electron chi connectivity index (χ1n) is 3.86. The highest BCUT2D eigenvalue weighted by molar-refractivity contribution is 7.85. The Balaban J connectivity index is 3.36. The van der Waals surface area contributed by atoms with Gasteiger partial charge in [0.25, 0.3) is 10.1 Å². The molecule has 0 bridgehead atoms. The molecule has 0 saturated carbocycles. The van der Waals surface area contributed by atoms with Gasteiger partial charge in [0.05, 0.1) is 4.90 Å². The summed E-state index contributed by atoms with van der Waals surface area (Å²) in [6, 6.07) is 4.24. The molecule has 0 aromatic heterocycles. The Hall–Kier alpha value is -0.620. The van der Waals surface area contributed by atoms with Crippen LogP contribution >= 0.6 is 11.6 Å². The maximum absolute atomic E-state index is 10.9. The molecule has 1 radical (unpaired) electrons. The van der Waals surface area contributed by atoms with E-state index in [0.717, 1.165) is 0 Å². The molecule has 0 aliphatic carbocycles. The maximum atomic E-state index is 10.9. The highest BCUT2D eigenvalue weighted by atomic mass is 35.5. The highest BCUT2D eigenvalue weighted by Crippen LogP contribution is 2.23. The summed E-state index contributed by atoms with van der Waals surface area (Å²) >= 11 is 5.76. The Morgan fingerprint density at radius 2 is 2.07 bits per heavy atom. The summed E-state index contributed by atoms with van der Waals surface area (Å²) in [5, 5.41) is 0.257. The molecular formula is C8H9ClNO3S. The standard InChI is InChI=1S/C8H9ClNO3S/c9-7-2-1-3-8(14(11,12)13)6(7)4-5-10/h1-3,10H,4-5H2,(H,11,12,13). The van der Waals surface area contributed by atoms with Crippen molar-refractivity contribution in [3.05, 3.63) is 28.8 Å². The summed E-state index contributed by atoms with van der Waals surface area (Å²) < 4.78 is 30.7. The highest BCUT2D eigenvalue weighted by Gasteiger charge is 2.16. The Morgan fingerprint density at radius 3 is 2.57 bits per heavy atom. The van der Waals surface area contributed by atoms with E-state index < -0.39 is 10.1 Å². The topological polar surface area (TPSA) is 78.2 Å². The van der Waals surface area contributed by atoms with Crippen molar-refractivity contribution >= 4 is 21.7 Å². The van der Waals surface area contributed by atoms with Gasteiger partial charge in [0.1, 0.15) is 0 Å². The third kappa shape index (κ3) is 2.45. The van der Waals surface area contributed by atoms with E-state index in [1.807, 2.05) is 0 Å². The van der Waals surface area contributed by atoms with Gasteiger partial charge in [-0.3, -0.25) is 10.3 Å². The van der Waals surface area contributed by atoms with Crippen molar-refractivity contribution in [1.29, 1.82) is 0 Å². The van der Waals surface area contributed by atoms with Crippen LogP contribution in [0.4, 0.5) is 0 Å². The maximum Gasteiger partial charge on any atom is 0.294 e. The molecule has 0 spiro atoms. The average Bonchev–Trinajstić information content (AvgIpc) is 2.07. The molecule has 0 fully saturated rings. The third-order valence-corrected chi connectivity index (χ3v) is 3.02. The van der Waals surface area contributed by atoms with Crippen molar-refractivity contribution in [1.82, 2.24) is 5.73 Å². The summed E-state index contributed by atoms with van der Waals surface area (Å²) in [7, 11) is -4.25. The first kappa shape index (κ1) is 11.5. The van der Waals surface area contributed by atoms with Crippen molar-refractivity contribution in [2.75, 3.05) is 6.54 Å². The normalized spacial score (nSPS) is 11.6. The van der Waals surface area contributed by atoms with Crippen molar-refractivity contribution in [3.63, 3.8) is 0 Å². The molecular weight excluding hydrogens is 226 g/mol. The van der Waals surface area contributed by atoms with Gasteiger partial charge in [-0.25, -0.2) is 0 Å². The summed E-state index contributed by atoms with van der Waals surface area (Å²) in [5.41, 5.74) is 7.30. The second-order valence-electron chi connectivity index (χ2n) is 2.69. The van der Waals surface area contributed by atoms with Gasteiger partial charge in [-0.2, -0.15) is 8.42 Å². The van der Waals surface area contributed by atoms with E-state index in [1.54, 1.807) is 0 Å². The van der Waals surface area contributed by atoms with E-state index in [1.165, 1.54) is 18.2 Å². The lowest BCUT2D eigenvalue weighted by Gasteiger charge is -2.07. The van der Waals surface area contributed by atoms with Gasteiger partial charge in [-0.15, -0.1) is 0 Å². The Morgan fingerprint density at radius 1 is 1.43 bits per heavy atom. The van der Waals surface area contributed by atoms with Crippen LogP contribution in [0.3, 0.4) is 0 Å². The summed E-state index contributed by atoms with van der Waals surface area (Å²) in [6.07, 6.45) is 0.203. The lowest BCUT2D eigenvalue weighted by atomic mass is 10.1. The number of benzene rings is 1. The second-order valence-corrected chi connectivity index (χ2v) is 4.49. The predicted molar refractivity (Wildman–Crippen MR) is 52.9 cm³/mol. The van der Waals surface area contributed by atoms with Crippen LogP contribution in [0.15, 0.2) is 23.1 Å². The van der Waals surface area contributed by atoms with Crippen LogP contribution in [0.2, 0.25) is 5.02 Å². The molecule has 77 valence electrons. The summed E-state index contributed by atoms with van der Waals surface area (Å²) in [5.74, 6) is 0. The van der Waals surface area contributed by atoms with E-state index >= 15 is 0 Å². The van der Waals surface area contributed by atoms with Crippen LogP contribution in [0.25, 0.3) is 0 Å². The summed E-state index contributed by atoms with van der Waals surface area (Å²) in [4.78, 5) is -0.211. The van der Waals surface area contributed by atoms with Crippen LogP contribution in [-0.4, -0.2) is 19.5 Å².